The van der Waals surface area contributed by atoms with Crippen molar-refractivity contribution >= 4 is 17.7 Å². The van der Waals surface area contributed by atoms with Crippen molar-refractivity contribution in [2.24, 2.45) is 11.1 Å². The number of para-hydroxylation sites is 1. The van der Waals surface area contributed by atoms with Crippen LogP contribution in [0.5, 0.6) is 0 Å². The Balaban J connectivity index is 2.07. The summed E-state index contributed by atoms with van der Waals surface area (Å²) in [7, 11) is 1.33. The summed E-state index contributed by atoms with van der Waals surface area (Å²) < 4.78 is 4.73. The number of rotatable bonds is 10. The Hall–Kier alpha value is -2.16. The number of likely N-dealkylation sites (N-methyl/N-ethyl adjacent to an activating group) is 1. The normalized spacial score (nSPS) is 18.1. The Morgan fingerprint density at radius 2 is 1.97 bits per heavy atom. The number of aliphatic hydroxyl groups is 1. The molecule has 4 N–H and O–H groups in total. The first-order valence-electron chi connectivity index (χ1n) is 11.5. The lowest BCUT2D eigenvalue weighted by Crippen LogP contribution is -2.51. The fourth-order valence-electron chi connectivity index (χ4n) is 4.39. The molecule has 8 heteroatoms. The fourth-order valence-corrected chi connectivity index (χ4v) is 4.39. The molecular formula is C24H40N4O4. The van der Waals surface area contributed by atoms with Crippen molar-refractivity contribution in [2.45, 2.75) is 65.1 Å². The first-order chi connectivity index (χ1) is 15.1. The molecule has 2 amide bonds. The summed E-state index contributed by atoms with van der Waals surface area (Å²) in [5, 5.41) is 13.4. The van der Waals surface area contributed by atoms with E-state index in [9.17, 15) is 14.7 Å². The molecule has 8 nitrogen and oxygen atoms in total. The van der Waals surface area contributed by atoms with Crippen molar-refractivity contribution in [1.82, 2.24) is 10.2 Å². The zero-order chi connectivity index (χ0) is 23.9. The number of methoxy groups -OCH3 is 1. The number of amides is 2. The van der Waals surface area contributed by atoms with Gasteiger partial charge in [0.15, 0.2) is 0 Å². The molecule has 0 saturated carbocycles. The molecule has 0 saturated heterocycles. The van der Waals surface area contributed by atoms with Gasteiger partial charge >= 0.3 is 6.09 Å². The topological polar surface area (TPSA) is 108 Å². The molecule has 180 valence electrons. The minimum Gasteiger partial charge on any atom is -0.453 e. The number of ether oxygens (including phenoxy) is 1. The number of carbonyl (C=O) groups excluding carboxylic acids is 2. The van der Waals surface area contributed by atoms with E-state index < -0.39 is 23.7 Å². The fraction of sp³-hybridized carbons (Fsp3) is 0.667. The first kappa shape index (κ1) is 26.1. The van der Waals surface area contributed by atoms with Crippen LogP contribution < -0.4 is 16.0 Å². The van der Waals surface area contributed by atoms with E-state index in [2.05, 4.69) is 24.1 Å². The molecule has 3 atom stereocenters. The summed E-state index contributed by atoms with van der Waals surface area (Å²) in [4.78, 5) is 29.0. The molecule has 0 aliphatic carbocycles. The van der Waals surface area contributed by atoms with E-state index in [1.807, 2.05) is 38.1 Å². The third kappa shape index (κ3) is 7.18. The van der Waals surface area contributed by atoms with E-state index in [4.69, 9.17) is 10.5 Å². The number of aliphatic hydroxyl groups excluding tert-OH is 1. The second-order valence-corrected chi connectivity index (χ2v) is 9.43. The maximum absolute atomic E-state index is 13.4. The highest BCUT2D eigenvalue weighted by Gasteiger charge is 2.34. The standard InChI is InChI=1S/C24H40N4O4/c1-6-27(7-2)16-21(29)19(25)13-24(3,4)14-22(30)28-15-18(26-23(31)32-5)12-17-10-8-9-11-20(17)28/h8-11,18-19,21,29H,6-7,12-16,25H2,1-5H3,(H,26,31)/t18?,19-,21-/m0/s1. The van der Waals surface area contributed by atoms with Crippen molar-refractivity contribution < 1.29 is 19.4 Å². The maximum Gasteiger partial charge on any atom is 0.407 e. The van der Waals surface area contributed by atoms with Crippen molar-refractivity contribution in [3.8, 4) is 0 Å². The molecule has 1 aliphatic rings. The number of nitrogens with two attached hydrogens (primary N) is 1. The van der Waals surface area contributed by atoms with Crippen LogP contribution in [0.4, 0.5) is 10.5 Å². The van der Waals surface area contributed by atoms with Crippen LogP contribution in [0.3, 0.4) is 0 Å². The van der Waals surface area contributed by atoms with Crippen molar-refractivity contribution in [2.75, 3.05) is 38.2 Å². The second-order valence-electron chi connectivity index (χ2n) is 9.43. The van der Waals surface area contributed by atoms with Crippen molar-refractivity contribution in [1.29, 1.82) is 0 Å². The SMILES string of the molecule is CCN(CC)C[C@H](O)[C@@H](N)CC(C)(C)CC(=O)N1CC(NC(=O)OC)Cc2ccccc21. The lowest BCUT2D eigenvalue weighted by molar-refractivity contribution is -0.120. The highest BCUT2D eigenvalue weighted by molar-refractivity contribution is 5.95. The van der Waals surface area contributed by atoms with Gasteiger partial charge in [-0.05, 0) is 43.0 Å². The van der Waals surface area contributed by atoms with E-state index in [0.717, 1.165) is 24.3 Å². The Morgan fingerprint density at radius 3 is 2.59 bits per heavy atom. The molecule has 1 aromatic rings. The molecule has 0 bridgehead atoms. The van der Waals surface area contributed by atoms with Crippen LogP contribution in [-0.4, -0.2) is 73.5 Å². The molecule has 0 spiro atoms. The largest absolute Gasteiger partial charge is 0.453 e. The number of benzene rings is 1. The number of alkyl carbamates (subject to hydrolysis) is 1. The number of hydrogen-bond acceptors (Lipinski definition) is 6. The van der Waals surface area contributed by atoms with E-state index in [1.165, 1.54) is 7.11 Å². The predicted octanol–water partition coefficient (Wildman–Crippen LogP) is 2.14. The van der Waals surface area contributed by atoms with Crippen LogP contribution in [0.1, 0.15) is 46.1 Å². The average Bonchev–Trinajstić information content (AvgIpc) is 2.75. The predicted molar refractivity (Wildman–Crippen MR) is 127 cm³/mol. The maximum atomic E-state index is 13.4. The highest BCUT2D eigenvalue weighted by atomic mass is 16.5. The van der Waals surface area contributed by atoms with Crippen LogP contribution in [0.15, 0.2) is 24.3 Å². The molecule has 0 aromatic heterocycles. The van der Waals surface area contributed by atoms with Crippen LogP contribution in [0.25, 0.3) is 0 Å². The second kappa shape index (κ2) is 11.6. The van der Waals surface area contributed by atoms with Gasteiger partial charge in [0.2, 0.25) is 5.91 Å². The monoisotopic (exact) mass is 448 g/mol. The molecule has 0 fully saturated rings. The van der Waals surface area contributed by atoms with E-state index in [0.29, 0.717) is 25.9 Å². The van der Waals surface area contributed by atoms with Crippen LogP contribution in [0.2, 0.25) is 0 Å². The number of nitrogens with zero attached hydrogens (tertiary/aromatic N) is 2. The number of anilines is 1. The third-order valence-corrected chi connectivity index (χ3v) is 6.21. The van der Waals surface area contributed by atoms with E-state index in [-0.39, 0.29) is 18.4 Å². The van der Waals surface area contributed by atoms with Gasteiger partial charge in [0.25, 0.3) is 0 Å². The molecule has 0 radical (unpaired) electrons. The van der Waals surface area contributed by atoms with Gasteiger partial charge in [0, 0.05) is 31.2 Å². The lowest BCUT2D eigenvalue weighted by atomic mass is 9.80. The zero-order valence-electron chi connectivity index (χ0n) is 20.1. The van der Waals surface area contributed by atoms with Gasteiger partial charge in [-0.3, -0.25) is 4.79 Å². The lowest BCUT2D eigenvalue weighted by Gasteiger charge is -2.37. The third-order valence-electron chi connectivity index (χ3n) is 6.21. The number of fused-ring (bicyclic) bond motifs is 1. The van der Waals surface area contributed by atoms with Crippen LogP contribution in [0, 0.1) is 5.41 Å². The zero-order valence-corrected chi connectivity index (χ0v) is 20.1. The van der Waals surface area contributed by atoms with Crippen molar-refractivity contribution in [3.63, 3.8) is 0 Å². The molecule has 1 aromatic carbocycles. The van der Waals surface area contributed by atoms with Gasteiger partial charge in [-0.15, -0.1) is 0 Å². The molecule has 1 unspecified atom stereocenters. The van der Waals surface area contributed by atoms with E-state index in [1.54, 1.807) is 4.90 Å². The van der Waals surface area contributed by atoms with Gasteiger partial charge in [-0.1, -0.05) is 45.9 Å². The van der Waals surface area contributed by atoms with Gasteiger partial charge < -0.3 is 30.7 Å². The van der Waals surface area contributed by atoms with Gasteiger partial charge in [-0.2, -0.15) is 0 Å². The first-order valence-corrected chi connectivity index (χ1v) is 11.5. The molecule has 2 rings (SSSR count). The summed E-state index contributed by atoms with van der Waals surface area (Å²) in [5.41, 5.74) is 7.82. The average molecular weight is 449 g/mol. The van der Waals surface area contributed by atoms with Gasteiger partial charge in [0.05, 0.1) is 19.3 Å². The Bertz CT molecular complexity index is 766. The molecule has 1 aliphatic heterocycles. The number of hydrogen-bond donors (Lipinski definition) is 3. The Labute approximate surface area is 192 Å². The Morgan fingerprint density at radius 1 is 1.31 bits per heavy atom. The summed E-state index contributed by atoms with van der Waals surface area (Å²) >= 11 is 0. The minimum absolute atomic E-state index is 0.0238. The molecular weight excluding hydrogens is 408 g/mol. The molecule has 1 heterocycles. The summed E-state index contributed by atoms with van der Waals surface area (Å²) in [6, 6.07) is 7.13. The number of carbonyl (C=O) groups is 2. The minimum atomic E-state index is -0.645. The van der Waals surface area contributed by atoms with Crippen LogP contribution in [-0.2, 0) is 16.0 Å². The summed E-state index contributed by atoms with van der Waals surface area (Å²) in [5.74, 6) is -0.0238. The quantitative estimate of drug-likeness (QED) is 0.506. The van der Waals surface area contributed by atoms with Crippen molar-refractivity contribution in [3.05, 3.63) is 29.8 Å². The van der Waals surface area contributed by atoms with Gasteiger partial charge in [0.1, 0.15) is 0 Å². The molecule has 32 heavy (non-hydrogen) atoms. The highest BCUT2D eigenvalue weighted by Crippen LogP contribution is 2.32. The van der Waals surface area contributed by atoms with E-state index >= 15 is 0 Å². The van der Waals surface area contributed by atoms with Crippen LogP contribution >= 0.6 is 0 Å². The smallest absolute Gasteiger partial charge is 0.407 e. The Kier molecular flexibility index (Phi) is 9.48. The summed E-state index contributed by atoms with van der Waals surface area (Å²) in [6.07, 6.45) is 0.309. The summed E-state index contributed by atoms with van der Waals surface area (Å²) in [6.45, 7) is 10.8. The number of nitrogens with one attached hydrogen (secondary N) is 1. The van der Waals surface area contributed by atoms with Gasteiger partial charge in [-0.25, -0.2) is 4.79 Å².